The molecule has 1 saturated heterocycles. The van der Waals surface area contributed by atoms with Crippen LogP contribution in [-0.2, 0) is 4.74 Å². The van der Waals surface area contributed by atoms with E-state index in [1.54, 1.807) is 0 Å². The van der Waals surface area contributed by atoms with E-state index < -0.39 is 12.8 Å². The molecule has 0 spiro atoms. The summed E-state index contributed by atoms with van der Waals surface area (Å²) in [4.78, 5) is 2.33. The second kappa shape index (κ2) is 8.76. The molecule has 1 unspecified atom stereocenters. The maximum Gasteiger partial charge on any atom is 0.411 e. The van der Waals surface area contributed by atoms with Crippen LogP contribution in [0.1, 0.15) is 32.6 Å². The highest BCUT2D eigenvalue weighted by atomic mass is 19.4. The maximum atomic E-state index is 11.9. The molecule has 0 bridgehead atoms. The number of rotatable bonds is 7. The van der Waals surface area contributed by atoms with Crippen molar-refractivity contribution in [3.05, 3.63) is 0 Å². The van der Waals surface area contributed by atoms with Crippen molar-refractivity contribution in [3.8, 4) is 0 Å². The van der Waals surface area contributed by atoms with Crippen molar-refractivity contribution < 1.29 is 17.9 Å². The molecule has 3 nitrogen and oxygen atoms in total. The quantitative estimate of drug-likeness (QED) is 0.726. The Kier molecular flexibility index (Phi) is 7.71. The summed E-state index contributed by atoms with van der Waals surface area (Å²) >= 11 is 0. The summed E-state index contributed by atoms with van der Waals surface area (Å²) in [5.74, 6) is 0. The molecule has 0 aliphatic carbocycles. The number of hydrogen-bond donors (Lipinski definition) is 1. The van der Waals surface area contributed by atoms with E-state index in [4.69, 9.17) is 0 Å². The number of nitrogens with zero attached hydrogens (tertiary/aromatic N) is 1. The van der Waals surface area contributed by atoms with Crippen LogP contribution in [0.2, 0.25) is 0 Å². The van der Waals surface area contributed by atoms with Crippen molar-refractivity contribution in [3.63, 3.8) is 0 Å². The van der Waals surface area contributed by atoms with Crippen molar-refractivity contribution in [2.75, 3.05) is 39.4 Å². The zero-order valence-electron chi connectivity index (χ0n) is 11.6. The fourth-order valence-electron chi connectivity index (χ4n) is 2.40. The Hall–Kier alpha value is -0.330. The SMILES string of the molecule is CCCC1CN(CCCOCC(F)(F)F)CCCN1. The second-order valence-electron chi connectivity index (χ2n) is 5.12. The predicted octanol–water partition coefficient (Wildman–Crippen LogP) is 2.42. The van der Waals surface area contributed by atoms with Gasteiger partial charge in [0.2, 0.25) is 0 Å². The van der Waals surface area contributed by atoms with Crippen LogP contribution >= 0.6 is 0 Å². The lowest BCUT2D eigenvalue weighted by atomic mass is 10.1. The molecule has 0 aromatic rings. The Labute approximate surface area is 113 Å². The summed E-state index contributed by atoms with van der Waals surface area (Å²) in [5, 5.41) is 3.51. The van der Waals surface area contributed by atoms with E-state index in [0.29, 0.717) is 12.5 Å². The standard InChI is InChI=1S/C13H25F3N2O/c1-2-5-12-10-18(7-3-6-17-12)8-4-9-19-11-13(14,15)16/h12,17H,2-11H2,1H3. The highest BCUT2D eigenvalue weighted by Crippen LogP contribution is 2.14. The van der Waals surface area contributed by atoms with Crippen LogP contribution in [0.25, 0.3) is 0 Å². The Bertz CT molecular complexity index is 236. The van der Waals surface area contributed by atoms with Gasteiger partial charge in [0.15, 0.2) is 0 Å². The smallest absolute Gasteiger partial charge is 0.372 e. The van der Waals surface area contributed by atoms with Gasteiger partial charge in [0.25, 0.3) is 0 Å². The number of hydrogen-bond acceptors (Lipinski definition) is 3. The van der Waals surface area contributed by atoms with Crippen LogP contribution in [0.5, 0.6) is 0 Å². The topological polar surface area (TPSA) is 24.5 Å². The van der Waals surface area contributed by atoms with E-state index in [1.165, 1.54) is 0 Å². The minimum atomic E-state index is -4.21. The molecule has 0 aromatic heterocycles. The highest BCUT2D eigenvalue weighted by molar-refractivity contribution is 4.76. The van der Waals surface area contributed by atoms with Crippen molar-refractivity contribution in [1.29, 1.82) is 0 Å². The van der Waals surface area contributed by atoms with Gasteiger partial charge in [-0.3, -0.25) is 0 Å². The van der Waals surface area contributed by atoms with Gasteiger partial charge in [-0.25, -0.2) is 0 Å². The molecule has 114 valence electrons. The molecule has 1 atom stereocenters. The average Bonchev–Trinajstić information content (AvgIpc) is 2.53. The van der Waals surface area contributed by atoms with Gasteiger partial charge in [-0.05, 0) is 32.4 Å². The van der Waals surface area contributed by atoms with Crippen molar-refractivity contribution in [2.24, 2.45) is 0 Å². The first-order chi connectivity index (χ1) is 9.01. The lowest BCUT2D eigenvalue weighted by Crippen LogP contribution is -2.38. The van der Waals surface area contributed by atoms with Crippen LogP contribution < -0.4 is 5.32 Å². The van der Waals surface area contributed by atoms with Crippen molar-refractivity contribution in [1.82, 2.24) is 10.2 Å². The minimum Gasteiger partial charge on any atom is -0.372 e. The third-order valence-corrected chi connectivity index (χ3v) is 3.23. The van der Waals surface area contributed by atoms with Gasteiger partial charge in [-0.1, -0.05) is 13.3 Å². The van der Waals surface area contributed by atoms with E-state index in [0.717, 1.165) is 45.4 Å². The number of nitrogens with one attached hydrogen (secondary N) is 1. The molecule has 19 heavy (non-hydrogen) atoms. The van der Waals surface area contributed by atoms with Crippen molar-refractivity contribution in [2.45, 2.75) is 44.8 Å². The first kappa shape index (κ1) is 16.7. The predicted molar refractivity (Wildman–Crippen MR) is 69.2 cm³/mol. The molecule has 0 aromatic carbocycles. The first-order valence-electron chi connectivity index (χ1n) is 7.11. The summed E-state index contributed by atoms with van der Waals surface area (Å²) in [6.07, 6.45) is -0.140. The van der Waals surface area contributed by atoms with Crippen LogP contribution in [0.15, 0.2) is 0 Å². The number of halogens is 3. The zero-order valence-corrected chi connectivity index (χ0v) is 11.6. The van der Waals surface area contributed by atoms with Crippen LogP contribution in [-0.4, -0.2) is 56.5 Å². The lowest BCUT2D eigenvalue weighted by molar-refractivity contribution is -0.174. The number of alkyl halides is 3. The molecule has 1 N–H and O–H groups in total. The Morgan fingerprint density at radius 3 is 2.84 bits per heavy atom. The fraction of sp³-hybridized carbons (Fsp3) is 1.00. The third kappa shape index (κ3) is 8.44. The second-order valence-corrected chi connectivity index (χ2v) is 5.12. The Morgan fingerprint density at radius 1 is 1.37 bits per heavy atom. The molecule has 1 fully saturated rings. The highest BCUT2D eigenvalue weighted by Gasteiger charge is 2.27. The Morgan fingerprint density at radius 2 is 2.16 bits per heavy atom. The van der Waals surface area contributed by atoms with Gasteiger partial charge in [-0.15, -0.1) is 0 Å². The van der Waals surface area contributed by atoms with Gasteiger partial charge in [0.05, 0.1) is 0 Å². The normalized spacial score (nSPS) is 22.4. The molecule has 6 heteroatoms. The van der Waals surface area contributed by atoms with E-state index in [2.05, 4.69) is 21.9 Å². The van der Waals surface area contributed by atoms with E-state index in [9.17, 15) is 13.2 Å². The van der Waals surface area contributed by atoms with Crippen LogP contribution in [0, 0.1) is 0 Å². The van der Waals surface area contributed by atoms with Gasteiger partial charge < -0.3 is 15.0 Å². The molecule has 0 amide bonds. The first-order valence-corrected chi connectivity index (χ1v) is 7.11. The van der Waals surface area contributed by atoms with Gasteiger partial charge >= 0.3 is 6.18 Å². The molecule has 1 aliphatic rings. The summed E-state index contributed by atoms with van der Waals surface area (Å²) in [6.45, 7) is 5.09. The minimum absolute atomic E-state index is 0.182. The van der Waals surface area contributed by atoms with Crippen molar-refractivity contribution >= 4 is 0 Å². The van der Waals surface area contributed by atoms with Gasteiger partial charge in [0.1, 0.15) is 6.61 Å². The fourth-order valence-corrected chi connectivity index (χ4v) is 2.40. The average molecular weight is 282 g/mol. The molecule has 1 rings (SSSR count). The Balaban J connectivity index is 2.13. The summed E-state index contributed by atoms with van der Waals surface area (Å²) < 4.78 is 40.3. The summed E-state index contributed by atoms with van der Waals surface area (Å²) in [5.41, 5.74) is 0. The van der Waals surface area contributed by atoms with E-state index >= 15 is 0 Å². The van der Waals surface area contributed by atoms with Crippen LogP contribution in [0.3, 0.4) is 0 Å². The van der Waals surface area contributed by atoms with E-state index in [1.807, 2.05) is 0 Å². The molecular weight excluding hydrogens is 257 g/mol. The molecule has 1 aliphatic heterocycles. The van der Waals surface area contributed by atoms with Gasteiger partial charge in [-0.2, -0.15) is 13.2 Å². The monoisotopic (exact) mass is 282 g/mol. The van der Waals surface area contributed by atoms with E-state index in [-0.39, 0.29) is 6.61 Å². The lowest BCUT2D eigenvalue weighted by Gasteiger charge is -2.24. The third-order valence-electron chi connectivity index (χ3n) is 3.23. The number of ether oxygens (including phenoxy) is 1. The largest absolute Gasteiger partial charge is 0.411 e. The summed E-state index contributed by atoms with van der Waals surface area (Å²) in [7, 11) is 0. The van der Waals surface area contributed by atoms with Gasteiger partial charge in [0, 0.05) is 25.7 Å². The molecule has 0 saturated carbocycles. The maximum absolute atomic E-state index is 11.9. The molecule has 1 heterocycles. The summed E-state index contributed by atoms with van der Waals surface area (Å²) in [6, 6.07) is 0.517. The zero-order chi connectivity index (χ0) is 14.1. The van der Waals surface area contributed by atoms with Crippen LogP contribution in [0.4, 0.5) is 13.2 Å². The molecule has 0 radical (unpaired) electrons. The molecular formula is C13H25F3N2O.